The highest BCUT2D eigenvalue weighted by Gasteiger charge is 2.21. The molecule has 1 aliphatic rings. The van der Waals surface area contributed by atoms with Crippen LogP contribution in [0.15, 0.2) is 59.0 Å². The Balaban J connectivity index is 1.24. The smallest absolute Gasteiger partial charge is 0.208 e. The molecule has 0 aliphatic carbocycles. The van der Waals surface area contributed by atoms with Crippen LogP contribution in [0.4, 0.5) is 5.82 Å². The SMILES string of the molecule is Cc1nc(CN2CCC(CNc3nc(-c4ccccc4)nc4ccccc34)CC2)oc1C. The third-order valence-electron chi connectivity index (χ3n) is 6.33. The lowest BCUT2D eigenvalue weighted by molar-refractivity contribution is 0.167. The first-order valence-electron chi connectivity index (χ1n) is 11.4. The van der Waals surface area contributed by atoms with E-state index in [4.69, 9.17) is 14.4 Å². The van der Waals surface area contributed by atoms with Gasteiger partial charge in [-0.3, -0.25) is 4.90 Å². The number of aryl methyl sites for hydroxylation is 2. The van der Waals surface area contributed by atoms with Crippen molar-refractivity contribution in [1.29, 1.82) is 0 Å². The minimum absolute atomic E-state index is 0.619. The summed E-state index contributed by atoms with van der Waals surface area (Å²) in [6.45, 7) is 7.81. The first kappa shape index (κ1) is 20.6. The molecule has 0 unspecified atom stereocenters. The molecule has 2 aromatic carbocycles. The molecule has 1 fully saturated rings. The number of oxazole rings is 1. The molecular weight excluding hydrogens is 398 g/mol. The van der Waals surface area contributed by atoms with Crippen LogP contribution in [-0.2, 0) is 6.54 Å². The molecule has 32 heavy (non-hydrogen) atoms. The van der Waals surface area contributed by atoms with Gasteiger partial charge < -0.3 is 9.73 Å². The van der Waals surface area contributed by atoms with Crippen LogP contribution in [-0.4, -0.2) is 39.5 Å². The Morgan fingerprint density at radius 2 is 1.69 bits per heavy atom. The zero-order valence-electron chi connectivity index (χ0n) is 18.7. The lowest BCUT2D eigenvalue weighted by atomic mass is 9.96. The fourth-order valence-corrected chi connectivity index (χ4v) is 4.32. The number of nitrogens with zero attached hydrogens (tertiary/aromatic N) is 4. The molecule has 0 spiro atoms. The van der Waals surface area contributed by atoms with E-state index in [1.54, 1.807) is 0 Å². The topological polar surface area (TPSA) is 67.1 Å². The average molecular weight is 428 g/mol. The van der Waals surface area contributed by atoms with E-state index >= 15 is 0 Å². The highest BCUT2D eigenvalue weighted by molar-refractivity contribution is 5.90. The second kappa shape index (κ2) is 9.09. The van der Waals surface area contributed by atoms with E-state index in [0.717, 1.165) is 84.5 Å². The van der Waals surface area contributed by atoms with Gasteiger partial charge in [-0.2, -0.15) is 0 Å². The highest BCUT2D eigenvalue weighted by Crippen LogP contribution is 2.26. The third-order valence-corrected chi connectivity index (χ3v) is 6.33. The molecule has 3 heterocycles. The summed E-state index contributed by atoms with van der Waals surface area (Å²) in [5, 5.41) is 4.71. The number of benzene rings is 2. The second-order valence-electron chi connectivity index (χ2n) is 8.63. The van der Waals surface area contributed by atoms with E-state index in [-0.39, 0.29) is 0 Å². The van der Waals surface area contributed by atoms with Crippen molar-refractivity contribution in [2.75, 3.05) is 25.0 Å². The van der Waals surface area contributed by atoms with Crippen LogP contribution >= 0.6 is 0 Å². The van der Waals surface area contributed by atoms with E-state index in [0.29, 0.717) is 5.92 Å². The Morgan fingerprint density at radius 3 is 2.44 bits per heavy atom. The van der Waals surface area contributed by atoms with Crippen molar-refractivity contribution >= 4 is 16.7 Å². The van der Waals surface area contributed by atoms with Crippen LogP contribution in [0.5, 0.6) is 0 Å². The Bertz CT molecular complexity index is 1180. The molecule has 6 heteroatoms. The molecule has 4 aromatic rings. The maximum Gasteiger partial charge on any atom is 0.208 e. The minimum Gasteiger partial charge on any atom is -0.444 e. The summed E-state index contributed by atoms with van der Waals surface area (Å²) in [4.78, 5) is 16.6. The van der Waals surface area contributed by atoms with Crippen molar-refractivity contribution in [3.8, 4) is 11.4 Å². The van der Waals surface area contributed by atoms with Crippen molar-refractivity contribution in [2.24, 2.45) is 5.92 Å². The Morgan fingerprint density at radius 1 is 0.938 bits per heavy atom. The van der Waals surface area contributed by atoms with Gasteiger partial charge in [0.25, 0.3) is 0 Å². The van der Waals surface area contributed by atoms with Gasteiger partial charge >= 0.3 is 0 Å². The summed E-state index contributed by atoms with van der Waals surface area (Å²) in [7, 11) is 0. The van der Waals surface area contributed by atoms with Gasteiger partial charge in [0.1, 0.15) is 11.6 Å². The van der Waals surface area contributed by atoms with Gasteiger partial charge in [0.05, 0.1) is 17.8 Å². The lowest BCUT2D eigenvalue weighted by Gasteiger charge is -2.31. The van der Waals surface area contributed by atoms with Crippen molar-refractivity contribution in [2.45, 2.75) is 33.2 Å². The maximum absolute atomic E-state index is 5.76. The van der Waals surface area contributed by atoms with E-state index in [2.05, 4.69) is 39.5 Å². The van der Waals surface area contributed by atoms with Crippen LogP contribution in [0.1, 0.15) is 30.2 Å². The van der Waals surface area contributed by atoms with Crippen LogP contribution in [0, 0.1) is 19.8 Å². The molecule has 0 atom stereocenters. The standard InChI is InChI=1S/C26H29N5O/c1-18-19(2)32-24(28-18)17-31-14-12-20(13-15-31)16-27-26-22-10-6-7-11-23(22)29-25(30-26)21-8-4-3-5-9-21/h3-11,20H,12-17H2,1-2H3,(H,27,29,30). The first-order valence-corrected chi connectivity index (χ1v) is 11.4. The van der Waals surface area contributed by atoms with E-state index in [1.807, 2.05) is 44.2 Å². The minimum atomic E-state index is 0.619. The molecule has 5 rings (SSSR count). The Labute approximate surface area is 188 Å². The summed E-state index contributed by atoms with van der Waals surface area (Å²) < 4.78 is 5.76. The molecule has 1 saturated heterocycles. The number of likely N-dealkylation sites (tertiary alicyclic amines) is 1. The second-order valence-corrected chi connectivity index (χ2v) is 8.63. The molecule has 0 bridgehead atoms. The number of hydrogen-bond acceptors (Lipinski definition) is 6. The first-order chi connectivity index (χ1) is 15.7. The number of nitrogens with one attached hydrogen (secondary N) is 1. The number of para-hydroxylation sites is 1. The molecule has 1 aliphatic heterocycles. The van der Waals surface area contributed by atoms with E-state index < -0.39 is 0 Å². The van der Waals surface area contributed by atoms with Gasteiger partial charge in [-0.1, -0.05) is 42.5 Å². The van der Waals surface area contributed by atoms with Gasteiger partial charge in [-0.25, -0.2) is 15.0 Å². The van der Waals surface area contributed by atoms with Gasteiger partial charge in [0.15, 0.2) is 5.82 Å². The summed E-state index contributed by atoms with van der Waals surface area (Å²) in [6.07, 6.45) is 2.31. The van der Waals surface area contributed by atoms with Gasteiger partial charge in [-0.15, -0.1) is 0 Å². The summed E-state index contributed by atoms with van der Waals surface area (Å²) in [6, 6.07) is 18.4. The van der Waals surface area contributed by atoms with Crippen LogP contribution < -0.4 is 5.32 Å². The third kappa shape index (κ3) is 4.50. The zero-order valence-corrected chi connectivity index (χ0v) is 18.7. The monoisotopic (exact) mass is 427 g/mol. The fraction of sp³-hybridized carbons (Fsp3) is 0.346. The molecule has 0 saturated carbocycles. The fourth-order valence-electron chi connectivity index (χ4n) is 4.32. The number of piperidine rings is 1. The van der Waals surface area contributed by atoms with Crippen molar-refractivity contribution in [1.82, 2.24) is 19.9 Å². The number of fused-ring (bicyclic) bond motifs is 1. The molecule has 2 aromatic heterocycles. The average Bonchev–Trinajstić information content (AvgIpc) is 3.15. The highest BCUT2D eigenvalue weighted by atomic mass is 16.4. The summed E-state index contributed by atoms with van der Waals surface area (Å²) in [5.41, 5.74) is 2.99. The molecule has 0 amide bonds. The lowest BCUT2D eigenvalue weighted by Crippen LogP contribution is -2.35. The van der Waals surface area contributed by atoms with Crippen molar-refractivity contribution in [3.05, 3.63) is 71.9 Å². The quantitative estimate of drug-likeness (QED) is 0.455. The molecule has 1 N–H and O–H groups in total. The molecule has 0 radical (unpaired) electrons. The van der Waals surface area contributed by atoms with E-state index in [9.17, 15) is 0 Å². The van der Waals surface area contributed by atoms with E-state index in [1.165, 1.54) is 0 Å². The molecule has 164 valence electrons. The predicted molar refractivity (Wildman–Crippen MR) is 127 cm³/mol. The normalized spacial score (nSPS) is 15.3. The summed E-state index contributed by atoms with van der Waals surface area (Å²) >= 11 is 0. The zero-order chi connectivity index (χ0) is 21.9. The van der Waals surface area contributed by atoms with Crippen molar-refractivity contribution < 1.29 is 4.42 Å². The predicted octanol–water partition coefficient (Wildman–Crippen LogP) is 5.23. The summed E-state index contributed by atoms with van der Waals surface area (Å²) in [5.74, 6) is 4.05. The van der Waals surface area contributed by atoms with Gasteiger partial charge in [-0.05, 0) is 57.8 Å². The number of anilines is 1. The Kier molecular flexibility index (Phi) is 5.86. The number of rotatable bonds is 6. The number of aromatic nitrogens is 3. The van der Waals surface area contributed by atoms with Crippen LogP contribution in [0.2, 0.25) is 0 Å². The largest absolute Gasteiger partial charge is 0.444 e. The Hall–Kier alpha value is -3.25. The molecular formula is C26H29N5O. The van der Waals surface area contributed by atoms with Gasteiger partial charge in [0, 0.05) is 17.5 Å². The maximum atomic E-state index is 5.76. The van der Waals surface area contributed by atoms with Crippen molar-refractivity contribution in [3.63, 3.8) is 0 Å². The van der Waals surface area contributed by atoms with Crippen LogP contribution in [0.3, 0.4) is 0 Å². The molecule has 6 nitrogen and oxygen atoms in total. The van der Waals surface area contributed by atoms with Crippen LogP contribution in [0.25, 0.3) is 22.3 Å². The number of hydrogen-bond donors (Lipinski definition) is 1. The van der Waals surface area contributed by atoms with Gasteiger partial charge in [0.2, 0.25) is 5.89 Å².